The minimum absolute atomic E-state index is 0.302. The second-order valence-electron chi connectivity index (χ2n) is 9.38. The summed E-state index contributed by atoms with van der Waals surface area (Å²) in [5.74, 6) is 2.43. The molecule has 4 aromatic carbocycles. The van der Waals surface area contributed by atoms with E-state index in [1.165, 1.54) is 11.1 Å². The molecule has 0 radical (unpaired) electrons. The van der Waals surface area contributed by atoms with Gasteiger partial charge in [-0.25, -0.2) is 0 Å². The van der Waals surface area contributed by atoms with E-state index in [4.69, 9.17) is 15.2 Å². The van der Waals surface area contributed by atoms with Crippen molar-refractivity contribution in [1.82, 2.24) is 0 Å². The molecule has 1 aliphatic rings. The molecule has 0 spiro atoms. The number of nitrogens with two attached hydrogens (primary N) is 1. The van der Waals surface area contributed by atoms with Crippen molar-refractivity contribution in [3.8, 4) is 33.8 Å². The first kappa shape index (κ1) is 27.7. The molecule has 2 N–H and O–H groups in total. The van der Waals surface area contributed by atoms with Crippen LogP contribution in [0.25, 0.3) is 22.3 Å². The average Bonchev–Trinajstić information content (AvgIpc) is 3.34. The first-order valence-corrected chi connectivity index (χ1v) is 16.4. The molecule has 1 heterocycles. The van der Waals surface area contributed by atoms with Gasteiger partial charge in [0.25, 0.3) is 0 Å². The number of nitrogen functional groups attached to an aromatic ring is 1. The molecule has 1 aliphatic heterocycles. The number of hydrogen-bond acceptors (Lipinski definition) is 4. The van der Waals surface area contributed by atoms with E-state index in [-0.39, 0.29) is 20.7 Å². The van der Waals surface area contributed by atoms with Crippen LogP contribution in [0.2, 0.25) is 0 Å². The van der Waals surface area contributed by atoms with Crippen LogP contribution in [-0.2, 0) is 0 Å². The number of anilines is 2. The molecule has 5 heteroatoms. The number of ether oxygens (including phenoxy) is 2. The third-order valence-electron chi connectivity index (χ3n) is 6.76. The van der Waals surface area contributed by atoms with E-state index >= 15 is 0 Å². The fraction of sp³-hybridized carbons (Fsp3) is 0.171. The highest BCUT2D eigenvalue weighted by molar-refractivity contribution is 14.2. The molecular formula is C35H35IN2O2. The van der Waals surface area contributed by atoms with Crippen LogP contribution < -0.4 is 20.1 Å². The third-order valence-corrected chi connectivity index (χ3v) is 8.81. The molecule has 4 aromatic rings. The minimum atomic E-state index is -0.302. The Labute approximate surface area is 247 Å². The lowest BCUT2D eigenvalue weighted by molar-refractivity contribution is 0.439. The van der Waals surface area contributed by atoms with Crippen molar-refractivity contribution in [3.63, 3.8) is 0 Å². The zero-order valence-electron chi connectivity index (χ0n) is 23.2. The highest BCUT2D eigenvalue weighted by Gasteiger charge is 2.25. The summed E-state index contributed by atoms with van der Waals surface area (Å²) in [6, 6.07) is 33.2. The average molecular weight is 643 g/mol. The summed E-state index contributed by atoms with van der Waals surface area (Å²) in [6.07, 6.45) is 5.19. The summed E-state index contributed by atoms with van der Waals surface area (Å²) in [4.78, 5) is 2.24. The van der Waals surface area contributed by atoms with Gasteiger partial charge in [0, 0.05) is 12.6 Å². The lowest BCUT2D eigenvalue weighted by Crippen LogP contribution is -2.19. The zero-order valence-corrected chi connectivity index (χ0v) is 25.4. The zero-order chi connectivity index (χ0) is 27.9. The summed E-state index contributed by atoms with van der Waals surface area (Å²) < 4.78 is 14.9. The summed E-state index contributed by atoms with van der Waals surface area (Å²) >= 11 is -0.302. The number of halogens is 1. The van der Waals surface area contributed by atoms with E-state index < -0.39 is 0 Å². The monoisotopic (exact) mass is 642 g/mol. The molecular weight excluding hydrogens is 607 g/mol. The lowest BCUT2D eigenvalue weighted by Gasteiger charge is -2.17. The molecule has 0 saturated heterocycles. The molecule has 40 heavy (non-hydrogen) atoms. The van der Waals surface area contributed by atoms with Crippen molar-refractivity contribution < 1.29 is 9.47 Å². The molecule has 0 amide bonds. The van der Waals surface area contributed by atoms with Crippen LogP contribution in [0, 0.1) is 0 Å². The molecule has 0 unspecified atom stereocenters. The highest BCUT2D eigenvalue weighted by atomic mass is 127. The Bertz CT molecular complexity index is 1560. The Kier molecular flexibility index (Phi) is 9.01. The van der Waals surface area contributed by atoms with E-state index in [1.54, 1.807) is 0 Å². The number of nitrogens with zero attached hydrogens (tertiary/aromatic N) is 1. The summed E-state index contributed by atoms with van der Waals surface area (Å²) in [5.41, 5.74) is 14.0. The summed E-state index contributed by atoms with van der Waals surface area (Å²) in [7, 11) is 0. The van der Waals surface area contributed by atoms with Gasteiger partial charge in [0.15, 0.2) is 15.2 Å². The number of rotatable bonds is 9. The van der Waals surface area contributed by atoms with Gasteiger partial charge in [-0.1, -0.05) is 107 Å². The third kappa shape index (κ3) is 6.31. The molecule has 0 fully saturated rings. The highest BCUT2D eigenvalue weighted by Crippen LogP contribution is 2.42. The molecule has 204 valence electrons. The smallest absolute Gasteiger partial charge is 0.200 e. The van der Waals surface area contributed by atoms with Crippen molar-refractivity contribution in [1.29, 1.82) is 0 Å². The van der Waals surface area contributed by atoms with Crippen molar-refractivity contribution >= 4 is 35.8 Å². The van der Waals surface area contributed by atoms with Gasteiger partial charge in [-0.15, -0.1) is 0 Å². The number of fused-ring (bicyclic) bond motifs is 1. The fourth-order valence-electron chi connectivity index (χ4n) is 4.68. The van der Waals surface area contributed by atoms with Gasteiger partial charge < -0.3 is 20.1 Å². The molecule has 0 aromatic heterocycles. The maximum Gasteiger partial charge on any atom is 0.200 e. The molecule has 0 atom stereocenters. The van der Waals surface area contributed by atoms with Crippen molar-refractivity contribution in [2.45, 2.75) is 27.2 Å². The van der Waals surface area contributed by atoms with Gasteiger partial charge in [-0.2, -0.15) is 0 Å². The van der Waals surface area contributed by atoms with E-state index in [0.29, 0.717) is 11.4 Å². The molecule has 0 aliphatic carbocycles. The second kappa shape index (κ2) is 13.0. The van der Waals surface area contributed by atoms with E-state index in [0.717, 1.165) is 55.1 Å². The topological polar surface area (TPSA) is 47.7 Å². The second-order valence-corrected chi connectivity index (χ2v) is 12.7. The fourth-order valence-corrected chi connectivity index (χ4v) is 6.44. The largest absolute Gasteiger partial charge is 0.450 e. The lowest BCUT2D eigenvalue weighted by atomic mass is 10.0. The van der Waals surface area contributed by atoms with Gasteiger partial charge in [0.05, 0.1) is 11.4 Å². The van der Waals surface area contributed by atoms with Gasteiger partial charge in [0.2, 0.25) is 5.88 Å². The van der Waals surface area contributed by atoms with Crippen molar-refractivity contribution in [2.24, 2.45) is 0 Å². The van der Waals surface area contributed by atoms with Crippen molar-refractivity contribution in [3.05, 3.63) is 121 Å². The van der Waals surface area contributed by atoms with Crippen LogP contribution in [0.15, 0.2) is 121 Å². The van der Waals surface area contributed by atoms with E-state index in [9.17, 15) is 0 Å². The molecule has 0 bridgehead atoms. The van der Waals surface area contributed by atoms with Crippen LogP contribution in [0.4, 0.5) is 11.4 Å². The number of benzene rings is 4. The maximum atomic E-state index is 6.45. The molecule has 5 rings (SSSR count). The first-order valence-electron chi connectivity index (χ1n) is 13.8. The van der Waals surface area contributed by atoms with Crippen molar-refractivity contribution in [2.75, 3.05) is 21.6 Å². The van der Waals surface area contributed by atoms with Gasteiger partial charge in [-0.3, -0.25) is 0 Å². The van der Waals surface area contributed by atoms with Crippen LogP contribution >= 0.6 is 20.7 Å². The normalized spacial score (nSPS) is 14.5. The minimum Gasteiger partial charge on any atom is -0.450 e. The summed E-state index contributed by atoms with van der Waals surface area (Å²) in [5, 5.41) is 0. The van der Waals surface area contributed by atoms with Crippen LogP contribution in [0.3, 0.4) is 0 Å². The predicted molar refractivity (Wildman–Crippen MR) is 178 cm³/mol. The standard InChI is InChI=1S/C35H35IN2O2/c1-4-25(21-34(36-5-2)39-32-19-17-28(23-30(32)37)26-13-9-7-10-14-26)22-35-38(6-3)31-24-29(18-20-33(31)40-35)27-15-11-8-12-16-27/h7-24H,4-6,37H2,1-3H3. The maximum absolute atomic E-state index is 6.45. The Hall–Kier alpha value is -3.84. The van der Waals surface area contributed by atoms with Gasteiger partial charge in [-0.05, 0) is 75.9 Å². The molecule has 0 saturated carbocycles. The Morgan fingerprint density at radius 1 is 0.825 bits per heavy atom. The quantitative estimate of drug-likeness (QED) is 0.112. The van der Waals surface area contributed by atoms with Crippen LogP contribution in [-0.4, -0.2) is 14.7 Å². The van der Waals surface area contributed by atoms with Crippen LogP contribution in [0.1, 0.15) is 27.2 Å². The molecule has 4 nitrogen and oxygen atoms in total. The first-order chi connectivity index (χ1) is 19.6. The van der Waals surface area contributed by atoms with Gasteiger partial charge >= 0.3 is 0 Å². The van der Waals surface area contributed by atoms with E-state index in [2.05, 4.69) is 98.5 Å². The Balaban J connectivity index is 1.39. The Morgan fingerprint density at radius 3 is 2.08 bits per heavy atom. The Morgan fingerprint density at radius 2 is 1.48 bits per heavy atom. The summed E-state index contributed by atoms with van der Waals surface area (Å²) in [6.45, 7) is 7.34. The number of hydrogen-bond donors (Lipinski definition) is 1. The van der Waals surface area contributed by atoms with Crippen LogP contribution in [0.5, 0.6) is 11.5 Å². The number of alkyl halides is 1. The SMILES string of the molecule is CCI=C(C=C(C=C1Oc2ccc(-c3ccccc3)cc2N1CC)CC)Oc1ccc(-c2ccccc2)cc1N. The predicted octanol–water partition coefficient (Wildman–Crippen LogP) is 9.20. The van der Waals surface area contributed by atoms with E-state index in [1.807, 2.05) is 36.4 Å². The van der Waals surface area contributed by atoms with Gasteiger partial charge in [0.1, 0.15) is 0 Å². The number of allylic oxidation sites excluding steroid dienone is 2.